The number of carbonyl (C=O) groups excluding carboxylic acids is 2. The minimum Gasteiger partial charge on any atom is -0.350 e. The van der Waals surface area contributed by atoms with E-state index in [1.165, 1.54) is 23.9 Å². The second-order valence-electron chi connectivity index (χ2n) is 6.15. The summed E-state index contributed by atoms with van der Waals surface area (Å²) in [6, 6.07) is 22.1. The van der Waals surface area contributed by atoms with Gasteiger partial charge in [0.1, 0.15) is 16.4 Å². The fourth-order valence-electron chi connectivity index (χ4n) is 2.85. The Kier molecular flexibility index (Phi) is 5.38. The Labute approximate surface area is 176 Å². The lowest BCUT2D eigenvalue weighted by Gasteiger charge is -2.15. The predicted molar refractivity (Wildman–Crippen MR) is 113 cm³/mol. The Morgan fingerprint density at radius 2 is 1.52 bits per heavy atom. The molecule has 29 heavy (non-hydrogen) atoms. The lowest BCUT2D eigenvalue weighted by Crippen LogP contribution is -2.32. The van der Waals surface area contributed by atoms with E-state index in [2.05, 4.69) is 5.32 Å². The maximum absolute atomic E-state index is 13.6. The molecule has 0 bridgehead atoms. The summed E-state index contributed by atoms with van der Waals surface area (Å²) in [4.78, 5) is 28.4. The summed E-state index contributed by atoms with van der Waals surface area (Å²) in [5.74, 6) is -1.64. The van der Waals surface area contributed by atoms with E-state index in [4.69, 9.17) is 11.6 Å². The Morgan fingerprint density at radius 1 is 0.862 bits per heavy atom. The number of nitrogens with one attached hydrogen (secondary N) is 1. The van der Waals surface area contributed by atoms with Gasteiger partial charge in [-0.3, -0.25) is 9.59 Å². The molecule has 0 saturated heterocycles. The first kappa shape index (κ1) is 19.2. The van der Waals surface area contributed by atoms with E-state index in [1.54, 1.807) is 12.1 Å². The van der Waals surface area contributed by atoms with E-state index in [0.29, 0.717) is 5.69 Å². The van der Waals surface area contributed by atoms with Crippen LogP contribution in [0.3, 0.4) is 0 Å². The van der Waals surface area contributed by atoms with Crippen LogP contribution in [0.5, 0.6) is 0 Å². The molecule has 7 heteroatoms. The summed E-state index contributed by atoms with van der Waals surface area (Å²) >= 11 is 7.06. The first-order chi connectivity index (χ1) is 14.0. The fraction of sp³-hybridized carbons (Fsp3) is 0. The number of imide groups is 1. The van der Waals surface area contributed by atoms with Crippen LogP contribution in [0.15, 0.2) is 94.4 Å². The number of anilines is 2. The van der Waals surface area contributed by atoms with Gasteiger partial charge in [0.2, 0.25) is 0 Å². The number of hydrogen-bond donors (Lipinski definition) is 1. The lowest BCUT2D eigenvalue weighted by atomic mass is 10.2. The van der Waals surface area contributed by atoms with Crippen molar-refractivity contribution in [3.05, 3.63) is 100 Å². The summed E-state index contributed by atoms with van der Waals surface area (Å²) in [5, 5.41) is 2.89. The molecule has 0 unspecified atom stereocenters. The molecule has 0 fully saturated rings. The average molecular weight is 425 g/mol. The van der Waals surface area contributed by atoms with Crippen molar-refractivity contribution in [1.29, 1.82) is 0 Å². The fourth-order valence-corrected chi connectivity index (χ4v) is 3.97. The van der Waals surface area contributed by atoms with Gasteiger partial charge in [0.15, 0.2) is 0 Å². The molecular formula is C22H14ClFN2O2S. The molecule has 1 heterocycles. The maximum Gasteiger partial charge on any atom is 0.283 e. The molecule has 0 spiro atoms. The largest absolute Gasteiger partial charge is 0.350 e. The van der Waals surface area contributed by atoms with Gasteiger partial charge in [-0.2, -0.15) is 0 Å². The van der Waals surface area contributed by atoms with Crippen LogP contribution in [0.25, 0.3) is 0 Å². The number of para-hydroxylation sites is 1. The normalized spacial score (nSPS) is 13.9. The molecule has 0 atom stereocenters. The second kappa shape index (κ2) is 8.11. The molecule has 1 aliphatic heterocycles. The van der Waals surface area contributed by atoms with Gasteiger partial charge in [-0.15, -0.1) is 0 Å². The van der Waals surface area contributed by atoms with Crippen LogP contribution in [-0.4, -0.2) is 11.8 Å². The molecule has 0 aromatic heterocycles. The zero-order valence-electron chi connectivity index (χ0n) is 14.9. The van der Waals surface area contributed by atoms with E-state index >= 15 is 0 Å². The number of benzene rings is 3. The minimum atomic E-state index is -0.621. The molecule has 1 N–H and O–H groups in total. The van der Waals surface area contributed by atoms with Gasteiger partial charge < -0.3 is 5.32 Å². The van der Waals surface area contributed by atoms with Gasteiger partial charge in [0, 0.05) is 10.6 Å². The number of hydrogen-bond acceptors (Lipinski definition) is 4. The second-order valence-corrected chi connectivity index (χ2v) is 7.65. The van der Waals surface area contributed by atoms with Crippen LogP contribution in [-0.2, 0) is 9.59 Å². The monoisotopic (exact) mass is 424 g/mol. The van der Waals surface area contributed by atoms with Crippen LogP contribution in [0, 0.1) is 5.82 Å². The third-order valence-corrected chi connectivity index (χ3v) is 5.59. The number of nitrogens with zero attached hydrogens (tertiary/aromatic N) is 1. The van der Waals surface area contributed by atoms with Crippen LogP contribution in [0.1, 0.15) is 0 Å². The van der Waals surface area contributed by atoms with Gasteiger partial charge in [0.05, 0.1) is 10.7 Å². The molecule has 1 aliphatic rings. The van der Waals surface area contributed by atoms with Crippen molar-refractivity contribution < 1.29 is 14.0 Å². The maximum atomic E-state index is 13.6. The first-order valence-corrected chi connectivity index (χ1v) is 9.87. The molecule has 144 valence electrons. The van der Waals surface area contributed by atoms with Crippen LogP contribution < -0.4 is 10.2 Å². The molecule has 2 amide bonds. The van der Waals surface area contributed by atoms with E-state index in [9.17, 15) is 14.0 Å². The number of carbonyl (C=O) groups is 2. The van der Waals surface area contributed by atoms with E-state index < -0.39 is 17.6 Å². The number of rotatable bonds is 5. The highest BCUT2D eigenvalue weighted by Gasteiger charge is 2.40. The molecule has 4 rings (SSSR count). The number of thioether (sulfide) groups is 1. The van der Waals surface area contributed by atoms with E-state index in [1.807, 2.05) is 48.5 Å². The zero-order valence-corrected chi connectivity index (χ0v) is 16.5. The van der Waals surface area contributed by atoms with Crippen molar-refractivity contribution in [2.24, 2.45) is 0 Å². The van der Waals surface area contributed by atoms with Crippen molar-refractivity contribution in [3.63, 3.8) is 0 Å². The average Bonchev–Trinajstić information content (AvgIpc) is 2.96. The lowest BCUT2D eigenvalue weighted by molar-refractivity contribution is -0.120. The molecule has 0 saturated carbocycles. The molecule has 3 aromatic rings. The Bertz CT molecular complexity index is 1060. The predicted octanol–water partition coefficient (Wildman–Crippen LogP) is 5.47. The topological polar surface area (TPSA) is 49.4 Å². The van der Waals surface area contributed by atoms with Gasteiger partial charge in [0.25, 0.3) is 11.8 Å². The Hall–Kier alpha value is -3.09. The third-order valence-electron chi connectivity index (χ3n) is 4.21. The zero-order chi connectivity index (χ0) is 20.4. The van der Waals surface area contributed by atoms with Gasteiger partial charge in [-0.05, 0) is 42.5 Å². The van der Waals surface area contributed by atoms with Crippen LogP contribution in [0.4, 0.5) is 15.8 Å². The van der Waals surface area contributed by atoms with Gasteiger partial charge in [-0.1, -0.05) is 59.8 Å². The van der Waals surface area contributed by atoms with E-state index in [-0.39, 0.29) is 21.3 Å². The Balaban J connectivity index is 1.75. The van der Waals surface area contributed by atoms with Gasteiger partial charge >= 0.3 is 0 Å². The Morgan fingerprint density at radius 3 is 2.17 bits per heavy atom. The number of halogens is 2. The molecule has 3 aromatic carbocycles. The van der Waals surface area contributed by atoms with E-state index in [0.717, 1.165) is 15.9 Å². The highest BCUT2D eigenvalue weighted by molar-refractivity contribution is 8.04. The standard InChI is InChI=1S/C22H14ClFN2O2S/c23-17-13-15(11-12-18(17)24)26-21(27)19(25-14-7-3-1-4-8-14)20(22(26)28)29-16-9-5-2-6-10-16/h1-13,25H. The van der Waals surface area contributed by atoms with Crippen LogP contribution in [0.2, 0.25) is 5.02 Å². The van der Waals surface area contributed by atoms with Crippen molar-refractivity contribution in [1.82, 2.24) is 0 Å². The molecule has 0 aliphatic carbocycles. The SMILES string of the molecule is O=C1C(Nc2ccccc2)=C(Sc2ccccc2)C(=O)N1c1ccc(F)c(Cl)c1. The molecular weight excluding hydrogens is 411 g/mol. The van der Waals surface area contributed by atoms with Crippen molar-refractivity contribution in [2.75, 3.05) is 10.2 Å². The minimum absolute atomic E-state index is 0.162. The highest BCUT2D eigenvalue weighted by Crippen LogP contribution is 2.38. The first-order valence-electron chi connectivity index (χ1n) is 8.67. The van der Waals surface area contributed by atoms with Crippen molar-refractivity contribution in [2.45, 2.75) is 4.90 Å². The molecule has 4 nitrogen and oxygen atoms in total. The third kappa shape index (κ3) is 3.90. The quantitative estimate of drug-likeness (QED) is 0.552. The molecule has 0 radical (unpaired) electrons. The van der Waals surface area contributed by atoms with Gasteiger partial charge in [-0.25, -0.2) is 9.29 Å². The van der Waals surface area contributed by atoms with Crippen molar-refractivity contribution >= 4 is 46.6 Å². The highest BCUT2D eigenvalue weighted by atomic mass is 35.5. The summed E-state index contributed by atoms with van der Waals surface area (Å²) < 4.78 is 13.6. The summed E-state index contributed by atoms with van der Waals surface area (Å²) in [7, 11) is 0. The summed E-state index contributed by atoms with van der Waals surface area (Å²) in [6.07, 6.45) is 0. The van der Waals surface area contributed by atoms with Crippen LogP contribution >= 0.6 is 23.4 Å². The summed E-state index contributed by atoms with van der Waals surface area (Å²) in [5.41, 5.74) is 1.05. The smallest absolute Gasteiger partial charge is 0.283 e. The number of amides is 2. The summed E-state index contributed by atoms with van der Waals surface area (Å²) in [6.45, 7) is 0. The van der Waals surface area contributed by atoms with Crippen molar-refractivity contribution in [3.8, 4) is 0 Å².